The molecule has 0 aliphatic carbocycles. The Kier molecular flexibility index (Phi) is 5.90. The second-order valence-corrected chi connectivity index (χ2v) is 7.79. The fourth-order valence-corrected chi connectivity index (χ4v) is 3.88. The van der Waals surface area contributed by atoms with Gasteiger partial charge in [-0.1, -0.05) is 41.7 Å². The summed E-state index contributed by atoms with van der Waals surface area (Å²) in [5.74, 6) is -1.25. The number of carbonyl (C=O) groups is 2. The van der Waals surface area contributed by atoms with Gasteiger partial charge >= 0.3 is 0 Å². The van der Waals surface area contributed by atoms with Crippen LogP contribution in [-0.2, 0) is 4.79 Å². The van der Waals surface area contributed by atoms with Crippen molar-refractivity contribution in [3.05, 3.63) is 83.7 Å². The van der Waals surface area contributed by atoms with Crippen molar-refractivity contribution in [3.8, 4) is 5.75 Å². The minimum absolute atomic E-state index is 0.0631. The Balaban J connectivity index is 1.44. The number of halogens is 1. The number of nitrogens with zero attached hydrogens (tertiary/aromatic N) is 1. The first-order valence-corrected chi connectivity index (χ1v) is 10.3. The summed E-state index contributed by atoms with van der Waals surface area (Å²) in [5, 5.41) is 5.69. The molecule has 0 aliphatic rings. The SMILES string of the molecule is Cc1ccc2nc(NC(=O)c3ccccc3OCC(=O)Nc3ccccc3F)sc2c1. The van der Waals surface area contributed by atoms with Crippen molar-refractivity contribution in [3.63, 3.8) is 0 Å². The van der Waals surface area contributed by atoms with Crippen LogP contribution in [0.5, 0.6) is 5.75 Å². The molecule has 2 N–H and O–H groups in total. The topological polar surface area (TPSA) is 80.3 Å². The molecule has 156 valence electrons. The second-order valence-electron chi connectivity index (χ2n) is 6.76. The predicted molar refractivity (Wildman–Crippen MR) is 119 cm³/mol. The molecule has 8 heteroatoms. The van der Waals surface area contributed by atoms with Gasteiger partial charge in [-0.2, -0.15) is 0 Å². The highest BCUT2D eigenvalue weighted by Crippen LogP contribution is 2.28. The van der Waals surface area contributed by atoms with E-state index in [1.807, 2.05) is 25.1 Å². The predicted octanol–water partition coefficient (Wildman–Crippen LogP) is 5.01. The maximum atomic E-state index is 13.7. The van der Waals surface area contributed by atoms with Gasteiger partial charge in [0.25, 0.3) is 11.8 Å². The van der Waals surface area contributed by atoms with Crippen LogP contribution in [0.25, 0.3) is 10.2 Å². The van der Waals surface area contributed by atoms with E-state index in [1.54, 1.807) is 30.3 Å². The highest BCUT2D eigenvalue weighted by molar-refractivity contribution is 7.22. The van der Waals surface area contributed by atoms with E-state index in [0.29, 0.717) is 5.13 Å². The van der Waals surface area contributed by atoms with Crippen LogP contribution in [0.4, 0.5) is 15.2 Å². The van der Waals surface area contributed by atoms with Crippen LogP contribution in [0, 0.1) is 12.7 Å². The Morgan fingerprint density at radius 2 is 1.81 bits per heavy atom. The van der Waals surface area contributed by atoms with Gasteiger partial charge in [0, 0.05) is 0 Å². The summed E-state index contributed by atoms with van der Waals surface area (Å²) in [5.41, 5.74) is 2.24. The van der Waals surface area contributed by atoms with E-state index < -0.39 is 17.6 Å². The number of fused-ring (bicyclic) bond motifs is 1. The fourth-order valence-electron chi connectivity index (χ4n) is 2.92. The van der Waals surface area contributed by atoms with E-state index in [4.69, 9.17) is 4.74 Å². The van der Waals surface area contributed by atoms with Gasteiger partial charge in [-0.3, -0.25) is 14.9 Å². The average Bonchev–Trinajstić information content (AvgIpc) is 3.15. The highest BCUT2D eigenvalue weighted by Gasteiger charge is 2.16. The summed E-state index contributed by atoms with van der Waals surface area (Å²) in [4.78, 5) is 29.3. The van der Waals surface area contributed by atoms with Crippen LogP contribution < -0.4 is 15.4 Å². The van der Waals surface area contributed by atoms with Crippen molar-refractivity contribution >= 4 is 44.2 Å². The summed E-state index contributed by atoms with van der Waals surface area (Å²) in [7, 11) is 0. The Bertz CT molecular complexity index is 1270. The molecule has 1 heterocycles. The number of benzene rings is 3. The molecule has 0 saturated heterocycles. The first-order valence-electron chi connectivity index (χ1n) is 9.44. The van der Waals surface area contributed by atoms with Crippen LogP contribution in [0.2, 0.25) is 0 Å². The standard InChI is InChI=1S/C23H18FN3O3S/c1-14-10-11-18-20(12-14)31-23(26-18)27-22(29)15-6-2-5-9-19(15)30-13-21(28)25-17-8-4-3-7-16(17)24/h2-12H,13H2,1H3,(H,25,28)(H,26,27,29). The lowest BCUT2D eigenvalue weighted by molar-refractivity contribution is -0.118. The summed E-state index contributed by atoms with van der Waals surface area (Å²) in [6, 6.07) is 18.3. The van der Waals surface area contributed by atoms with Crippen LogP contribution >= 0.6 is 11.3 Å². The lowest BCUT2D eigenvalue weighted by Crippen LogP contribution is -2.22. The van der Waals surface area contributed by atoms with Crippen LogP contribution in [0.15, 0.2) is 66.7 Å². The number of thiazole rings is 1. The van der Waals surface area contributed by atoms with Crippen LogP contribution in [-0.4, -0.2) is 23.4 Å². The maximum Gasteiger partial charge on any atom is 0.262 e. The lowest BCUT2D eigenvalue weighted by Gasteiger charge is -2.11. The summed E-state index contributed by atoms with van der Waals surface area (Å²) < 4.78 is 20.2. The molecule has 0 saturated carbocycles. The summed E-state index contributed by atoms with van der Waals surface area (Å²) in [6.45, 7) is 1.62. The van der Waals surface area contributed by atoms with E-state index in [9.17, 15) is 14.0 Å². The van der Waals surface area contributed by atoms with Crippen LogP contribution in [0.1, 0.15) is 15.9 Å². The molecule has 3 aromatic carbocycles. The summed E-state index contributed by atoms with van der Waals surface area (Å²) >= 11 is 1.38. The monoisotopic (exact) mass is 435 g/mol. The Labute approximate surface area is 181 Å². The van der Waals surface area contributed by atoms with Gasteiger partial charge in [-0.15, -0.1) is 0 Å². The number of aryl methyl sites for hydroxylation is 1. The zero-order chi connectivity index (χ0) is 21.8. The number of anilines is 2. The molecule has 0 spiro atoms. The third-order valence-corrected chi connectivity index (χ3v) is 5.34. The number of carbonyl (C=O) groups excluding carboxylic acids is 2. The number of ether oxygens (including phenoxy) is 1. The van der Waals surface area contributed by atoms with Crippen molar-refractivity contribution < 1.29 is 18.7 Å². The van der Waals surface area contributed by atoms with Gasteiger partial charge in [0.05, 0.1) is 21.5 Å². The minimum Gasteiger partial charge on any atom is -0.483 e. The number of rotatable bonds is 6. The quantitative estimate of drug-likeness (QED) is 0.446. The van der Waals surface area contributed by atoms with Crippen LogP contribution in [0.3, 0.4) is 0 Å². The van der Waals surface area contributed by atoms with Crippen molar-refractivity contribution in [2.24, 2.45) is 0 Å². The first kappa shape index (κ1) is 20.5. The molecule has 31 heavy (non-hydrogen) atoms. The molecule has 0 atom stereocenters. The Morgan fingerprint density at radius 1 is 1.03 bits per heavy atom. The molecule has 0 unspecified atom stereocenters. The fraction of sp³-hybridized carbons (Fsp3) is 0.0870. The van der Waals surface area contributed by atoms with Gasteiger partial charge < -0.3 is 10.1 Å². The van der Waals surface area contributed by atoms with E-state index in [-0.39, 0.29) is 23.6 Å². The number of para-hydroxylation sites is 2. The summed E-state index contributed by atoms with van der Waals surface area (Å²) in [6.07, 6.45) is 0. The molecule has 1 aromatic heterocycles. The lowest BCUT2D eigenvalue weighted by atomic mass is 10.2. The maximum absolute atomic E-state index is 13.7. The third kappa shape index (κ3) is 4.87. The molecular weight excluding hydrogens is 417 g/mol. The van der Waals surface area contributed by atoms with E-state index in [2.05, 4.69) is 15.6 Å². The largest absolute Gasteiger partial charge is 0.483 e. The van der Waals surface area contributed by atoms with Crippen molar-refractivity contribution in [2.45, 2.75) is 6.92 Å². The smallest absolute Gasteiger partial charge is 0.262 e. The number of hydrogen-bond acceptors (Lipinski definition) is 5. The molecular formula is C23H18FN3O3S. The molecule has 6 nitrogen and oxygen atoms in total. The van der Waals surface area contributed by atoms with E-state index in [1.165, 1.54) is 29.5 Å². The highest BCUT2D eigenvalue weighted by atomic mass is 32.1. The Hall–Kier alpha value is -3.78. The Morgan fingerprint density at radius 3 is 2.65 bits per heavy atom. The van der Waals surface area contributed by atoms with Crippen molar-refractivity contribution in [2.75, 3.05) is 17.2 Å². The average molecular weight is 435 g/mol. The number of hydrogen-bond donors (Lipinski definition) is 2. The second kappa shape index (κ2) is 8.93. The van der Waals surface area contributed by atoms with Gasteiger partial charge in [-0.05, 0) is 48.9 Å². The molecule has 0 radical (unpaired) electrons. The third-order valence-electron chi connectivity index (χ3n) is 4.40. The molecule has 0 fully saturated rings. The van der Waals surface area contributed by atoms with Gasteiger partial charge in [0.2, 0.25) is 0 Å². The molecule has 4 rings (SSSR count). The van der Waals surface area contributed by atoms with Gasteiger partial charge in [0.1, 0.15) is 11.6 Å². The van der Waals surface area contributed by atoms with Gasteiger partial charge in [-0.25, -0.2) is 9.37 Å². The first-order chi connectivity index (χ1) is 15.0. The van der Waals surface area contributed by atoms with Gasteiger partial charge in [0.15, 0.2) is 11.7 Å². The molecule has 4 aromatic rings. The molecule has 2 amide bonds. The molecule has 0 bridgehead atoms. The minimum atomic E-state index is -0.540. The normalized spacial score (nSPS) is 10.6. The number of amides is 2. The van der Waals surface area contributed by atoms with E-state index >= 15 is 0 Å². The number of aromatic nitrogens is 1. The zero-order valence-corrected chi connectivity index (χ0v) is 17.3. The van der Waals surface area contributed by atoms with Crippen molar-refractivity contribution in [1.82, 2.24) is 4.98 Å². The number of nitrogens with one attached hydrogen (secondary N) is 2. The van der Waals surface area contributed by atoms with E-state index in [0.717, 1.165) is 15.8 Å². The zero-order valence-electron chi connectivity index (χ0n) is 16.5. The van der Waals surface area contributed by atoms with Crippen molar-refractivity contribution in [1.29, 1.82) is 0 Å². The molecule has 0 aliphatic heterocycles.